The number of nitrogens with one attached hydrogen (secondary N) is 1. The van der Waals surface area contributed by atoms with Crippen molar-refractivity contribution in [3.8, 4) is 0 Å². The molecule has 1 unspecified atom stereocenters. The van der Waals surface area contributed by atoms with E-state index in [0.717, 1.165) is 5.56 Å². The fourth-order valence-electron chi connectivity index (χ4n) is 1.85. The SMILES string of the molecule is CCN(CCC(=O)O)C(=O)NC(C)c1ccc(C)cc1. The molecule has 0 aliphatic carbocycles. The summed E-state index contributed by atoms with van der Waals surface area (Å²) in [5.74, 6) is -0.900. The van der Waals surface area contributed by atoms with E-state index in [4.69, 9.17) is 5.11 Å². The van der Waals surface area contributed by atoms with Crippen molar-refractivity contribution in [2.45, 2.75) is 33.2 Å². The molecule has 0 aromatic heterocycles. The van der Waals surface area contributed by atoms with E-state index < -0.39 is 5.97 Å². The standard InChI is InChI=1S/C15H22N2O3/c1-4-17(10-9-14(18)19)15(20)16-12(3)13-7-5-11(2)6-8-13/h5-8,12H,4,9-10H2,1-3H3,(H,16,20)(H,18,19). The lowest BCUT2D eigenvalue weighted by Gasteiger charge is -2.23. The Hall–Kier alpha value is -2.04. The number of hydrogen-bond donors (Lipinski definition) is 2. The Labute approximate surface area is 119 Å². The minimum Gasteiger partial charge on any atom is -0.481 e. The van der Waals surface area contributed by atoms with Crippen molar-refractivity contribution in [1.29, 1.82) is 0 Å². The number of urea groups is 1. The van der Waals surface area contributed by atoms with Crippen LogP contribution in [0.2, 0.25) is 0 Å². The Bertz CT molecular complexity index is 457. The van der Waals surface area contributed by atoms with E-state index in [9.17, 15) is 9.59 Å². The highest BCUT2D eigenvalue weighted by molar-refractivity contribution is 5.75. The van der Waals surface area contributed by atoms with Gasteiger partial charge in [0.05, 0.1) is 12.5 Å². The molecule has 0 bridgehead atoms. The number of benzene rings is 1. The van der Waals surface area contributed by atoms with Gasteiger partial charge in [0.2, 0.25) is 0 Å². The maximum Gasteiger partial charge on any atom is 0.317 e. The van der Waals surface area contributed by atoms with Crippen molar-refractivity contribution >= 4 is 12.0 Å². The van der Waals surface area contributed by atoms with Crippen LogP contribution >= 0.6 is 0 Å². The largest absolute Gasteiger partial charge is 0.481 e. The zero-order valence-electron chi connectivity index (χ0n) is 12.2. The van der Waals surface area contributed by atoms with Gasteiger partial charge in [-0.05, 0) is 26.3 Å². The van der Waals surface area contributed by atoms with Gasteiger partial charge in [0.1, 0.15) is 0 Å². The van der Waals surface area contributed by atoms with Crippen LogP contribution in [-0.4, -0.2) is 35.1 Å². The van der Waals surface area contributed by atoms with Gasteiger partial charge in [0.15, 0.2) is 0 Å². The average molecular weight is 278 g/mol. The Morgan fingerprint density at radius 2 is 1.90 bits per heavy atom. The molecule has 0 saturated carbocycles. The van der Waals surface area contributed by atoms with Crippen molar-refractivity contribution in [3.05, 3.63) is 35.4 Å². The third-order valence-corrected chi connectivity index (χ3v) is 3.18. The number of hydrogen-bond acceptors (Lipinski definition) is 2. The topological polar surface area (TPSA) is 69.6 Å². The van der Waals surface area contributed by atoms with Gasteiger partial charge in [-0.15, -0.1) is 0 Å². The molecule has 110 valence electrons. The second kappa shape index (κ2) is 7.53. The van der Waals surface area contributed by atoms with Gasteiger partial charge in [-0.1, -0.05) is 29.8 Å². The second-order valence-corrected chi connectivity index (χ2v) is 4.81. The summed E-state index contributed by atoms with van der Waals surface area (Å²) in [5.41, 5.74) is 2.20. The summed E-state index contributed by atoms with van der Waals surface area (Å²) in [6.45, 7) is 6.46. The maximum absolute atomic E-state index is 12.1. The lowest BCUT2D eigenvalue weighted by atomic mass is 10.1. The molecule has 1 aromatic rings. The Morgan fingerprint density at radius 1 is 1.30 bits per heavy atom. The Kier molecular flexibility index (Phi) is 6.03. The minimum atomic E-state index is -0.900. The molecule has 5 nitrogen and oxygen atoms in total. The number of carbonyl (C=O) groups excluding carboxylic acids is 1. The molecular weight excluding hydrogens is 256 g/mol. The van der Waals surface area contributed by atoms with E-state index in [1.165, 1.54) is 10.5 Å². The molecule has 0 aliphatic rings. The molecule has 0 saturated heterocycles. The van der Waals surface area contributed by atoms with Crippen LogP contribution in [0, 0.1) is 6.92 Å². The van der Waals surface area contributed by atoms with Gasteiger partial charge in [-0.25, -0.2) is 4.79 Å². The van der Waals surface area contributed by atoms with Crippen molar-refractivity contribution in [2.24, 2.45) is 0 Å². The van der Waals surface area contributed by atoms with E-state index >= 15 is 0 Å². The summed E-state index contributed by atoms with van der Waals surface area (Å²) >= 11 is 0. The summed E-state index contributed by atoms with van der Waals surface area (Å²) in [5, 5.41) is 11.6. The summed E-state index contributed by atoms with van der Waals surface area (Å²) < 4.78 is 0. The van der Waals surface area contributed by atoms with Crippen LogP contribution in [0.1, 0.15) is 37.4 Å². The van der Waals surface area contributed by atoms with Crippen molar-refractivity contribution < 1.29 is 14.7 Å². The number of amides is 2. The number of nitrogens with zero attached hydrogens (tertiary/aromatic N) is 1. The first-order valence-corrected chi connectivity index (χ1v) is 6.77. The monoisotopic (exact) mass is 278 g/mol. The second-order valence-electron chi connectivity index (χ2n) is 4.81. The van der Waals surface area contributed by atoms with Gasteiger partial charge in [0.25, 0.3) is 0 Å². The molecule has 1 aromatic carbocycles. The first-order valence-electron chi connectivity index (χ1n) is 6.77. The van der Waals surface area contributed by atoms with Crippen LogP contribution < -0.4 is 5.32 Å². The lowest BCUT2D eigenvalue weighted by molar-refractivity contribution is -0.137. The summed E-state index contributed by atoms with van der Waals surface area (Å²) in [6, 6.07) is 7.62. The molecule has 0 spiro atoms. The third-order valence-electron chi connectivity index (χ3n) is 3.18. The van der Waals surface area contributed by atoms with Gasteiger partial charge in [-0.3, -0.25) is 4.79 Å². The van der Waals surface area contributed by atoms with Crippen LogP contribution in [0.15, 0.2) is 24.3 Å². The van der Waals surface area contributed by atoms with Crippen LogP contribution in [0.25, 0.3) is 0 Å². The number of aryl methyl sites for hydroxylation is 1. The summed E-state index contributed by atoms with van der Waals surface area (Å²) in [6.07, 6.45) is -0.0415. The van der Waals surface area contributed by atoms with E-state index in [2.05, 4.69) is 5.32 Å². The highest BCUT2D eigenvalue weighted by atomic mass is 16.4. The fourth-order valence-corrected chi connectivity index (χ4v) is 1.85. The number of aliphatic carboxylic acids is 1. The molecule has 2 amide bonds. The van der Waals surface area contributed by atoms with Crippen molar-refractivity contribution in [1.82, 2.24) is 10.2 Å². The molecular formula is C15H22N2O3. The predicted molar refractivity (Wildman–Crippen MR) is 77.6 cm³/mol. The van der Waals surface area contributed by atoms with Crippen LogP contribution in [0.5, 0.6) is 0 Å². The Morgan fingerprint density at radius 3 is 2.40 bits per heavy atom. The number of carbonyl (C=O) groups is 2. The quantitative estimate of drug-likeness (QED) is 0.840. The van der Waals surface area contributed by atoms with Gasteiger partial charge in [0, 0.05) is 13.1 Å². The number of rotatable bonds is 6. The maximum atomic E-state index is 12.1. The third kappa shape index (κ3) is 4.91. The summed E-state index contributed by atoms with van der Waals surface area (Å²) in [4.78, 5) is 24.1. The van der Waals surface area contributed by atoms with Crippen molar-refractivity contribution in [3.63, 3.8) is 0 Å². The molecule has 0 aliphatic heterocycles. The Balaban J connectivity index is 2.58. The zero-order valence-corrected chi connectivity index (χ0v) is 12.2. The van der Waals surface area contributed by atoms with Gasteiger partial charge >= 0.3 is 12.0 Å². The zero-order chi connectivity index (χ0) is 15.1. The number of carboxylic acid groups (broad SMARTS) is 1. The first kappa shape index (κ1) is 16.0. The van der Waals surface area contributed by atoms with E-state index in [0.29, 0.717) is 6.54 Å². The molecule has 20 heavy (non-hydrogen) atoms. The van der Waals surface area contributed by atoms with E-state index in [-0.39, 0.29) is 25.0 Å². The molecule has 5 heteroatoms. The van der Waals surface area contributed by atoms with Crippen LogP contribution in [0.3, 0.4) is 0 Å². The van der Waals surface area contributed by atoms with E-state index in [1.54, 1.807) is 0 Å². The highest BCUT2D eigenvalue weighted by Crippen LogP contribution is 2.13. The molecule has 1 atom stereocenters. The van der Waals surface area contributed by atoms with E-state index in [1.807, 2.05) is 45.0 Å². The average Bonchev–Trinajstić information content (AvgIpc) is 2.39. The lowest BCUT2D eigenvalue weighted by Crippen LogP contribution is -2.41. The normalized spacial score (nSPS) is 11.8. The predicted octanol–water partition coefficient (Wildman–Crippen LogP) is 2.56. The first-order chi connectivity index (χ1) is 9.43. The molecule has 0 radical (unpaired) electrons. The highest BCUT2D eigenvalue weighted by Gasteiger charge is 2.15. The number of carboxylic acids is 1. The molecule has 2 N–H and O–H groups in total. The smallest absolute Gasteiger partial charge is 0.317 e. The molecule has 0 heterocycles. The van der Waals surface area contributed by atoms with Crippen LogP contribution in [-0.2, 0) is 4.79 Å². The van der Waals surface area contributed by atoms with Gasteiger partial charge in [-0.2, -0.15) is 0 Å². The minimum absolute atomic E-state index is 0.0415. The molecule has 0 fully saturated rings. The van der Waals surface area contributed by atoms with Gasteiger partial charge < -0.3 is 15.3 Å². The fraction of sp³-hybridized carbons (Fsp3) is 0.467. The van der Waals surface area contributed by atoms with Crippen molar-refractivity contribution in [2.75, 3.05) is 13.1 Å². The van der Waals surface area contributed by atoms with Crippen LogP contribution in [0.4, 0.5) is 4.79 Å². The summed E-state index contributed by atoms with van der Waals surface area (Å²) in [7, 11) is 0. The molecule has 1 rings (SSSR count).